The molecular formula is C7H13FO. The van der Waals surface area contributed by atoms with E-state index in [0.717, 1.165) is 25.7 Å². The monoisotopic (exact) mass is 132 g/mol. The molecule has 1 saturated carbocycles. The molecule has 1 nitrogen and oxygen atoms in total. The van der Waals surface area contributed by atoms with Gasteiger partial charge in [0.25, 0.3) is 0 Å². The molecule has 54 valence electrons. The zero-order valence-corrected chi connectivity index (χ0v) is 5.57. The van der Waals surface area contributed by atoms with Gasteiger partial charge < -0.3 is 5.11 Å². The molecule has 0 radical (unpaired) electrons. The summed E-state index contributed by atoms with van der Waals surface area (Å²) in [6, 6.07) is 0. The molecule has 1 N–H and O–H groups in total. The molecule has 1 rings (SSSR count). The molecular weight excluding hydrogens is 119 g/mol. The SMILES string of the molecule is OC1(F)CCCCCC1. The van der Waals surface area contributed by atoms with Crippen LogP contribution < -0.4 is 0 Å². The van der Waals surface area contributed by atoms with Gasteiger partial charge in [0.15, 0.2) is 0 Å². The molecule has 0 amide bonds. The zero-order valence-electron chi connectivity index (χ0n) is 5.57. The van der Waals surface area contributed by atoms with E-state index in [-0.39, 0.29) is 0 Å². The fourth-order valence-corrected chi connectivity index (χ4v) is 1.27. The molecule has 0 unspecified atom stereocenters. The van der Waals surface area contributed by atoms with Crippen LogP contribution in [0.3, 0.4) is 0 Å². The Morgan fingerprint density at radius 1 is 1.00 bits per heavy atom. The minimum Gasteiger partial charge on any atom is -0.362 e. The second-order valence-electron chi connectivity index (χ2n) is 2.83. The van der Waals surface area contributed by atoms with Gasteiger partial charge in [-0.2, -0.15) is 0 Å². The van der Waals surface area contributed by atoms with E-state index in [1.165, 1.54) is 0 Å². The van der Waals surface area contributed by atoms with Crippen LogP contribution in [-0.4, -0.2) is 11.0 Å². The molecule has 0 aliphatic heterocycles. The molecule has 0 spiro atoms. The van der Waals surface area contributed by atoms with Crippen LogP contribution in [0.2, 0.25) is 0 Å². The molecule has 2 heteroatoms. The number of hydrogen-bond donors (Lipinski definition) is 1. The van der Waals surface area contributed by atoms with Crippen molar-refractivity contribution in [3.63, 3.8) is 0 Å². The maximum atomic E-state index is 12.7. The summed E-state index contributed by atoms with van der Waals surface area (Å²) in [5.74, 6) is -1.84. The fraction of sp³-hybridized carbons (Fsp3) is 1.00. The molecule has 9 heavy (non-hydrogen) atoms. The average molecular weight is 132 g/mol. The van der Waals surface area contributed by atoms with Gasteiger partial charge in [-0.05, 0) is 12.8 Å². The summed E-state index contributed by atoms with van der Waals surface area (Å²) in [6.07, 6.45) is 4.51. The van der Waals surface area contributed by atoms with Crippen molar-refractivity contribution < 1.29 is 9.50 Å². The van der Waals surface area contributed by atoms with Crippen molar-refractivity contribution in [2.75, 3.05) is 0 Å². The minimum atomic E-state index is -1.84. The van der Waals surface area contributed by atoms with Crippen molar-refractivity contribution >= 4 is 0 Å². The third-order valence-corrected chi connectivity index (χ3v) is 1.87. The zero-order chi connectivity index (χ0) is 6.74. The first-order valence-corrected chi connectivity index (χ1v) is 3.62. The van der Waals surface area contributed by atoms with E-state index < -0.39 is 5.85 Å². The van der Waals surface area contributed by atoms with Gasteiger partial charge >= 0.3 is 0 Å². The molecule has 0 heterocycles. The molecule has 0 aromatic rings. The van der Waals surface area contributed by atoms with Gasteiger partial charge in [-0.3, -0.25) is 0 Å². The highest BCUT2D eigenvalue weighted by Gasteiger charge is 2.26. The summed E-state index contributed by atoms with van der Waals surface area (Å²) in [5, 5.41) is 8.89. The van der Waals surface area contributed by atoms with Gasteiger partial charge in [-0.15, -0.1) is 0 Å². The highest BCUT2D eigenvalue weighted by atomic mass is 19.2. The van der Waals surface area contributed by atoms with Crippen LogP contribution in [-0.2, 0) is 0 Å². The van der Waals surface area contributed by atoms with E-state index in [1.807, 2.05) is 0 Å². The van der Waals surface area contributed by atoms with E-state index in [2.05, 4.69) is 0 Å². The Labute approximate surface area is 54.9 Å². The maximum Gasteiger partial charge on any atom is 0.206 e. The van der Waals surface area contributed by atoms with Crippen molar-refractivity contribution in [3.05, 3.63) is 0 Å². The van der Waals surface area contributed by atoms with Crippen molar-refractivity contribution in [2.45, 2.75) is 44.4 Å². The van der Waals surface area contributed by atoms with Crippen molar-refractivity contribution in [2.24, 2.45) is 0 Å². The molecule has 1 fully saturated rings. The molecule has 1 aliphatic rings. The number of halogens is 1. The number of rotatable bonds is 0. The fourth-order valence-electron chi connectivity index (χ4n) is 1.27. The van der Waals surface area contributed by atoms with Gasteiger partial charge in [0.1, 0.15) is 0 Å². The smallest absolute Gasteiger partial charge is 0.206 e. The lowest BCUT2D eigenvalue weighted by Gasteiger charge is -2.14. The van der Waals surface area contributed by atoms with E-state index in [0.29, 0.717) is 12.8 Å². The summed E-state index contributed by atoms with van der Waals surface area (Å²) in [6.45, 7) is 0. The Balaban J connectivity index is 2.36. The van der Waals surface area contributed by atoms with Crippen LogP contribution in [0, 0.1) is 0 Å². The Bertz CT molecular complexity index is 80.9. The molecule has 0 saturated heterocycles. The topological polar surface area (TPSA) is 20.2 Å². The molecule has 0 aromatic carbocycles. The van der Waals surface area contributed by atoms with E-state index in [1.54, 1.807) is 0 Å². The molecule has 0 aromatic heterocycles. The number of hydrogen-bond acceptors (Lipinski definition) is 1. The lowest BCUT2D eigenvalue weighted by molar-refractivity contribution is -0.0984. The van der Waals surface area contributed by atoms with Crippen LogP contribution in [0.4, 0.5) is 4.39 Å². The number of aliphatic hydroxyl groups is 1. The first-order valence-electron chi connectivity index (χ1n) is 3.62. The van der Waals surface area contributed by atoms with Gasteiger partial charge in [0.05, 0.1) is 0 Å². The molecule has 1 aliphatic carbocycles. The highest BCUT2D eigenvalue weighted by Crippen LogP contribution is 2.27. The summed E-state index contributed by atoms with van der Waals surface area (Å²) in [5.41, 5.74) is 0. The lowest BCUT2D eigenvalue weighted by Crippen LogP contribution is -2.19. The van der Waals surface area contributed by atoms with E-state index in [9.17, 15) is 4.39 Å². The Morgan fingerprint density at radius 2 is 1.44 bits per heavy atom. The third-order valence-electron chi connectivity index (χ3n) is 1.87. The van der Waals surface area contributed by atoms with Crippen LogP contribution >= 0.6 is 0 Å². The number of alkyl halides is 1. The van der Waals surface area contributed by atoms with E-state index >= 15 is 0 Å². The normalized spacial score (nSPS) is 27.3. The second kappa shape index (κ2) is 2.65. The van der Waals surface area contributed by atoms with Crippen molar-refractivity contribution in [3.8, 4) is 0 Å². The highest BCUT2D eigenvalue weighted by molar-refractivity contribution is 4.68. The van der Waals surface area contributed by atoms with Gasteiger partial charge in [-0.25, -0.2) is 4.39 Å². The maximum absolute atomic E-state index is 12.7. The standard InChI is InChI=1S/C7H13FO/c8-7(9)5-3-1-2-4-6-7/h9H,1-6H2. The molecule has 0 bridgehead atoms. The van der Waals surface area contributed by atoms with Crippen molar-refractivity contribution in [1.82, 2.24) is 0 Å². The quantitative estimate of drug-likeness (QED) is 0.500. The van der Waals surface area contributed by atoms with Crippen LogP contribution in [0.15, 0.2) is 0 Å². The summed E-state index contributed by atoms with van der Waals surface area (Å²) < 4.78 is 12.7. The third kappa shape index (κ3) is 2.31. The summed E-state index contributed by atoms with van der Waals surface area (Å²) in [7, 11) is 0. The summed E-state index contributed by atoms with van der Waals surface area (Å²) in [4.78, 5) is 0. The van der Waals surface area contributed by atoms with Crippen LogP contribution in [0.1, 0.15) is 38.5 Å². The van der Waals surface area contributed by atoms with Gasteiger partial charge in [0.2, 0.25) is 5.85 Å². The largest absolute Gasteiger partial charge is 0.362 e. The Hall–Kier alpha value is -0.110. The van der Waals surface area contributed by atoms with Crippen molar-refractivity contribution in [1.29, 1.82) is 0 Å². The lowest BCUT2D eigenvalue weighted by atomic mass is 10.1. The first kappa shape index (κ1) is 7.00. The minimum absolute atomic E-state index is 0.340. The van der Waals surface area contributed by atoms with E-state index in [4.69, 9.17) is 5.11 Å². The summed E-state index contributed by atoms with van der Waals surface area (Å²) >= 11 is 0. The predicted molar refractivity (Wildman–Crippen MR) is 33.8 cm³/mol. The van der Waals surface area contributed by atoms with Gasteiger partial charge in [0, 0.05) is 12.8 Å². The van der Waals surface area contributed by atoms with Gasteiger partial charge in [-0.1, -0.05) is 12.8 Å². The van der Waals surface area contributed by atoms with Crippen LogP contribution in [0.25, 0.3) is 0 Å². The predicted octanol–water partition coefficient (Wildman–Crippen LogP) is 2.00. The average Bonchev–Trinajstić information content (AvgIpc) is 1.92. The van der Waals surface area contributed by atoms with Crippen LogP contribution in [0.5, 0.6) is 0 Å². The molecule has 0 atom stereocenters. The Morgan fingerprint density at radius 3 is 1.89 bits per heavy atom. The Kier molecular flexibility index (Phi) is 2.06. The first-order chi connectivity index (χ1) is 4.21. The second-order valence-corrected chi connectivity index (χ2v) is 2.83.